The van der Waals surface area contributed by atoms with Crippen LogP contribution in [0.25, 0.3) is 10.9 Å². The SMILES string of the molecule is Cc1ncc(C2CC2)c2c(S(C)(=O)=O)c(C=O)[nH]c12. The number of hydrogen-bond acceptors (Lipinski definition) is 4. The van der Waals surface area contributed by atoms with Crippen molar-refractivity contribution < 1.29 is 13.2 Å². The zero-order chi connectivity index (χ0) is 13.8. The van der Waals surface area contributed by atoms with Crippen molar-refractivity contribution in [2.75, 3.05) is 6.26 Å². The number of pyridine rings is 1. The van der Waals surface area contributed by atoms with E-state index in [1.165, 1.54) is 0 Å². The van der Waals surface area contributed by atoms with Crippen LogP contribution in [-0.4, -0.2) is 30.9 Å². The molecule has 2 aromatic heterocycles. The molecule has 0 atom stereocenters. The molecule has 0 spiro atoms. The molecule has 0 amide bonds. The first-order chi connectivity index (χ1) is 8.93. The molecule has 2 aromatic rings. The molecule has 0 bridgehead atoms. The Morgan fingerprint density at radius 3 is 2.63 bits per heavy atom. The number of carbonyl (C=O) groups is 1. The van der Waals surface area contributed by atoms with Crippen LogP contribution in [0.15, 0.2) is 11.1 Å². The van der Waals surface area contributed by atoms with Crippen molar-refractivity contribution in [2.45, 2.75) is 30.6 Å². The van der Waals surface area contributed by atoms with E-state index >= 15 is 0 Å². The van der Waals surface area contributed by atoms with E-state index in [1.54, 1.807) is 13.1 Å². The Bertz CT molecular complexity index is 786. The van der Waals surface area contributed by atoms with Crippen molar-refractivity contribution in [2.24, 2.45) is 0 Å². The summed E-state index contributed by atoms with van der Waals surface area (Å²) in [6.45, 7) is 1.80. The quantitative estimate of drug-likeness (QED) is 0.870. The molecule has 0 saturated heterocycles. The van der Waals surface area contributed by atoms with Gasteiger partial charge in [0.05, 0.1) is 16.9 Å². The summed E-state index contributed by atoms with van der Waals surface area (Å²) in [4.78, 5) is 18.5. The van der Waals surface area contributed by atoms with Crippen LogP contribution >= 0.6 is 0 Å². The fourth-order valence-corrected chi connectivity index (χ4v) is 3.61. The average molecular weight is 278 g/mol. The van der Waals surface area contributed by atoms with Crippen LogP contribution in [0.1, 0.15) is 40.5 Å². The Balaban J connectivity index is 2.50. The van der Waals surface area contributed by atoms with Gasteiger partial charge in [-0.2, -0.15) is 0 Å². The van der Waals surface area contributed by atoms with E-state index in [9.17, 15) is 13.2 Å². The summed E-state index contributed by atoms with van der Waals surface area (Å²) in [6.07, 6.45) is 5.53. The molecule has 1 fully saturated rings. The summed E-state index contributed by atoms with van der Waals surface area (Å²) in [6, 6.07) is 0. The smallest absolute Gasteiger partial charge is 0.178 e. The molecule has 6 heteroatoms. The predicted molar refractivity (Wildman–Crippen MR) is 71.3 cm³/mol. The van der Waals surface area contributed by atoms with Crippen LogP contribution in [0.2, 0.25) is 0 Å². The molecule has 0 aliphatic heterocycles. The van der Waals surface area contributed by atoms with E-state index in [2.05, 4.69) is 9.97 Å². The molecule has 0 unspecified atom stereocenters. The summed E-state index contributed by atoms with van der Waals surface area (Å²) in [5.41, 5.74) is 2.42. The van der Waals surface area contributed by atoms with Crippen molar-refractivity contribution in [1.29, 1.82) is 0 Å². The van der Waals surface area contributed by atoms with Gasteiger partial charge in [-0.3, -0.25) is 9.78 Å². The lowest BCUT2D eigenvalue weighted by Crippen LogP contribution is -2.01. The second-order valence-corrected chi connectivity index (χ2v) is 7.03. The molecule has 100 valence electrons. The van der Waals surface area contributed by atoms with Crippen molar-refractivity contribution >= 4 is 27.0 Å². The lowest BCUT2D eigenvalue weighted by atomic mass is 10.1. The van der Waals surface area contributed by atoms with Crippen LogP contribution in [-0.2, 0) is 9.84 Å². The molecule has 5 nitrogen and oxygen atoms in total. The van der Waals surface area contributed by atoms with Gasteiger partial charge >= 0.3 is 0 Å². The Kier molecular flexibility index (Phi) is 2.53. The number of hydrogen-bond donors (Lipinski definition) is 1. The Morgan fingerprint density at radius 2 is 2.11 bits per heavy atom. The maximum Gasteiger partial charge on any atom is 0.178 e. The third kappa shape index (κ3) is 1.87. The molecule has 0 radical (unpaired) electrons. The minimum Gasteiger partial charge on any atom is -0.350 e. The Hall–Kier alpha value is -1.69. The highest BCUT2D eigenvalue weighted by Gasteiger charge is 2.31. The second-order valence-electron chi connectivity index (χ2n) is 5.08. The molecule has 1 saturated carbocycles. The molecule has 19 heavy (non-hydrogen) atoms. The molecular weight excluding hydrogens is 264 g/mol. The standard InChI is InChI=1S/C13H14N2O3S/c1-7-12-11(9(5-14-7)8-3-4-8)13(19(2,17)18)10(6-16)15-12/h5-6,8,15H,3-4H2,1-2H3. The Labute approximate surface area is 111 Å². The monoisotopic (exact) mass is 278 g/mol. The number of nitrogens with zero attached hydrogens (tertiary/aromatic N) is 1. The van der Waals surface area contributed by atoms with Gasteiger partial charge < -0.3 is 4.98 Å². The number of aldehydes is 1. The van der Waals surface area contributed by atoms with Crippen molar-refractivity contribution in [3.63, 3.8) is 0 Å². The number of aromatic amines is 1. The molecule has 1 N–H and O–H groups in total. The first-order valence-corrected chi connectivity index (χ1v) is 7.99. The van der Waals surface area contributed by atoms with Crippen LogP contribution in [0.4, 0.5) is 0 Å². The minimum atomic E-state index is -3.46. The number of H-pyrrole nitrogens is 1. The van der Waals surface area contributed by atoms with E-state index in [4.69, 9.17) is 0 Å². The number of fused-ring (bicyclic) bond motifs is 1. The van der Waals surface area contributed by atoms with E-state index in [1.807, 2.05) is 0 Å². The fourth-order valence-electron chi connectivity index (χ4n) is 2.52. The number of aromatic nitrogens is 2. The molecule has 1 aliphatic rings. The van der Waals surface area contributed by atoms with Gasteiger partial charge in [-0.05, 0) is 31.2 Å². The number of nitrogens with one attached hydrogen (secondary N) is 1. The summed E-state index contributed by atoms with van der Waals surface area (Å²) in [7, 11) is -3.46. The zero-order valence-corrected chi connectivity index (χ0v) is 11.5. The molecule has 2 heterocycles. The Morgan fingerprint density at radius 1 is 1.42 bits per heavy atom. The maximum atomic E-state index is 12.0. The highest BCUT2D eigenvalue weighted by molar-refractivity contribution is 7.91. The topological polar surface area (TPSA) is 79.9 Å². The van der Waals surface area contributed by atoms with Crippen molar-refractivity contribution in [3.8, 4) is 0 Å². The van der Waals surface area contributed by atoms with Gasteiger partial charge in [-0.1, -0.05) is 0 Å². The number of sulfone groups is 1. The lowest BCUT2D eigenvalue weighted by molar-refractivity contribution is 0.111. The van der Waals surface area contributed by atoms with Crippen LogP contribution in [0.3, 0.4) is 0 Å². The van der Waals surface area contributed by atoms with E-state index in [-0.39, 0.29) is 10.6 Å². The van der Waals surface area contributed by atoms with E-state index < -0.39 is 9.84 Å². The van der Waals surface area contributed by atoms with Crippen LogP contribution in [0.5, 0.6) is 0 Å². The largest absolute Gasteiger partial charge is 0.350 e. The summed E-state index contributed by atoms with van der Waals surface area (Å²) < 4.78 is 24.0. The lowest BCUT2D eigenvalue weighted by Gasteiger charge is -2.05. The van der Waals surface area contributed by atoms with Crippen LogP contribution in [0, 0.1) is 6.92 Å². The van der Waals surface area contributed by atoms with Gasteiger partial charge in [0.2, 0.25) is 0 Å². The highest BCUT2D eigenvalue weighted by atomic mass is 32.2. The molecular formula is C13H14N2O3S. The number of aryl methyl sites for hydroxylation is 1. The van der Waals surface area contributed by atoms with Crippen molar-refractivity contribution in [3.05, 3.63) is 23.1 Å². The van der Waals surface area contributed by atoms with E-state index in [0.29, 0.717) is 28.8 Å². The average Bonchev–Trinajstić information content (AvgIpc) is 3.07. The van der Waals surface area contributed by atoms with Gasteiger partial charge in [0.25, 0.3) is 0 Å². The minimum absolute atomic E-state index is 0.116. The third-order valence-electron chi connectivity index (χ3n) is 3.53. The highest BCUT2D eigenvalue weighted by Crippen LogP contribution is 2.45. The zero-order valence-electron chi connectivity index (χ0n) is 10.7. The summed E-state index contributed by atoms with van der Waals surface area (Å²) in [5, 5.41) is 0.652. The second kappa shape index (κ2) is 3.90. The summed E-state index contributed by atoms with van der Waals surface area (Å²) >= 11 is 0. The maximum absolute atomic E-state index is 12.0. The molecule has 3 rings (SSSR count). The first-order valence-electron chi connectivity index (χ1n) is 6.10. The fraction of sp³-hybridized carbons (Fsp3) is 0.385. The van der Waals surface area contributed by atoms with Gasteiger partial charge in [0, 0.05) is 17.8 Å². The number of carbonyl (C=O) groups excluding carboxylic acids is 1. The first kappa shape index (κ1) is 12.3. The number of rotatable bonds is 3. The van der Waals surface area contributed by atoms with E-state index in [0.717, 1.165) is 24.7 Å². The predicted octanol–water partition coefficient (Wildman–Crippen LogP) is 1.96. The van der Waals surface area contributed by atoms with Gasteiger partial charge in [0.1, 0.15) is 4.90 Å². The summed E-state index contributed by atoms with van der Waals surface area (Å²) in [5.74, 6) is 0.367. The van der Waals surface area contributed by atoms with Gasteiger partial charge in [0.15, 0.2) is 16.1 Å². The van der Waals surface area contributed by atoms with Gasteiger partial charge in [-0.25, -0.2) is 8.42 Å². The normalized spacial score (nSPS) is 15.9. The van der Waals surface area contributed by atoms with Crippen LogP contribution < -0.4 is 0 Å². The van der Waals surface area contributed by atoms with Gasteiger partial charge in [-0.15, -0.1) is 0 Å². The third-order valence-corrected chi connectivity index (χ3v) is 4.70. The molecule has 1 aliphatic carbocycles. The van der Waals surface area contributed by atoms with Crippen molar-refractivity contribution in [1.82, 2.24) is 9.97 Å². The molecule has 0 aromatic carbocycles.